The molecule has 0 radical (unpaired) electrons. The number of aromatic amines is 1. The van der Waals surface area contributed by atoms with Crippen molar-refractivity contribution in [1.29, 1.82) is 0 Å². The van der Waals surface area contributed by atoms with E-state index in [1.54, 1.807) is 18.3 Å². The normalized spacial score (nSPS) is 11.0. The Kier molecular flexibility index (Phi) is 3.64. The molecule has 0 aliphatic rings. The largest absolute Gasteiger partial charge is 0.360 e. The maximum Gasteiger partial charge on any atom is 0.198 e. The molecule has 0 saturated heterocycles. The van der Waals surface area contributed by atoms with Gasteiger partial charge in [0.2, 0.25) is 0 Å². The number of carbonyl (C=O) groups excluding carboxylic acids is 1. The van der Waals surface area contributed by atoms with Crippen LogP contribution in [-0.4, -0.2) is 10.8 Å². The Morgan fingerprint density at radius 3 is 2.71 bits per heavy atom. The highest BCUT2D eigenvalue weighted by Gasteiger charge is 2.19. The summed E-state index contributed by atoms with van der Waals surface area (Å²) in [7, 11) is 0. The van der Waals surface area contributed by atoms with Crippen LogP contribution in [0.1, 0.15) is 28.4 Å². The molecular weight excluding hydrogens is 333 g/mol. The summed E-state index contributed by atoms with van der Waals surface area (Å²) < 4.78 is 14.4. The van der Waals surface area contributed by atoms with Gasteiger partial charge in [0, 0.05) is 22.7 Å². The number of rotatable bonds is 3. The van der Waals surface area contributed by atoms with Crippen LogP contribution in [0, 0.1) is 5.82 Å². The van der Waals surface area contributed by atoms with Gasteiger partial charge >= 0.3 is 0 Å². The van der Waals surface area contributed by atoms with Crippen LogP contribution in [-0.2, 0) is 6.42 Å². The highest BCUT2D eigenvalue weighted by Crippen LogP contribution is 2.26. The third-order valence-corrected chi connectivity index (χ3v) is 4.24. The second kappa shape index (κ2) is 5.45. The number of aromatic nitrogens is 1. The third-order valence-electron chi connectivity index (χ3n) is 3.62. The Hall–Kier alpha value is -1.94. The standard InChI is InChI=1S/C17H13BrFNO/c1-2-10-5-3-6-11-13(9-20-16(10)11)17(21)12-7-4-8-14(18)15(12)19/h3-9,20H,2H2,1H3. The summed E-state index contributed by atoms with van der Waals surface area (Å²) in [5.41, 5.74) is 2.66. The first-order valence-corrected chi connectivity index (χ1v) is 7.50. The van der Waals surface area contributed by atoms with Crippen LogP contribution in [0.15, 0.2) is 47.1 Å². The molecule has 1 N–H and O–H groups in total. The van der Waals surface area contributed by atoms with Crippen LogP contribution in [0.2, 0.25) is 0 Å². The van der Waals surface area contributed by atoms with Gasteiger partial charge in [-0.1, -0.05) is 31.2 Å². The average Bonchev–Trinajstić information content (AvgIpc) is 2.93. The van der Waals surface area contributed by atoms with Crippen LogP contribution in [0.25, 0.3) is 10.9 Å². The number of fused-ring (bicyclic) bond motifs is 1. The fraction of sp³-hybridized carbons (Fsp3) is 0.118. The molecule has 3 rings (SSSR count). The lowest BCUT2D eigenvalue weighted by Gasteiger charge is -2.04. The Bertz CT molecular complexity index is 838. The second-order valence-corrected chi connectivity index (χ2v) is 5.68. The van der Waals surface area contributed by atoms with Gasteiger partial charge in [0.15, 0.2) is 5.78 Å². The molecule has 106 valence electrons. The van der Waals surface area contributed by atoms with E-state index in [1.807, 2.05) is 18.2 Å². The zero-order valence-electron chi connectivity index (χ0n) is 11.4. The van der Waals surface area contributed by atoms with E-state index >= 15 is 0 Å². The van der Waals surface area contributed by atoms with Crippen LogP contribution in [0.3, 0.4) is 0 Å². The van der Waals surface area contributed by atoms with Crippen LogP contribution in [0.4, 0.5) is 4.39 Å². The summed E-state index contributed by atoms with van der Waals surface area (Å²) in [5.74, 6) is -0.836. The van der Waals surface area contributed by atoms with Crippen molar-refractivity contribution in [3.63, 3.8) is 0 Å². The summed E-state index contributed by atoms with van der Waals surface area (Å²) in [6.07, 6.45) is 2.53. The van der Waals surface area contributed by atoms with E-state index in [1.165, 1.54) is 6.07 Å². The van der Waals surface area contributed by atoms with Crippen molar-refractivity contribution in [2.75, 3.05) is 0 Å². The Morgan fingerprint density at radius 1 is 1.19 bits per heavy atom. The average molecular weight is 346 g/mol. The molecule has 1 aromatic heterocycles. The SMILES string of the molecule is CCc1cccc2c(C(=O)c3cccc(Br)c3F)c[nH]c12. The molecule has 0 amide bonds. The van der Waals surface area contributed by atoms with Crippen molar-refractivity contribution < 1.29 is 9.18 Å². The van der Waals surface area contributed by atoms with Crippen molar-refractivity contribution in [2.45, 2.75) is 13.3 Å². The van der Waals surface area contributed by atoms with Crippen LogP contribution >= 0.6 is 15.9 Å². The predicted molar refractivity (Wildman–Crippen MR) is 85.2 cm³/mol. The first-order chi connectivity index (χ1) is 10.1. The zero-order valence-corrected chi connectivity index (χ0v) is 13.0. The maximum atomic E-state index is 14.1. The Morgan fingerprint density at radius 2 is 1.95 bits per heavy atom. The molecule has 0 bridgehead atoms. The molecule has 4 heteroatoms. The molecule has 2 nitrogen and oxygen atoms in total. The van der Waals surface area contributed by atoms with Gasteiger partial charge in [0.25, 0.3) is 0 Å². The molecule has 0 fully saturated rings. The number of hydrogen-bond donors (Lipinski definition) is 1. The molecule has 21 heavy (non-hydrogen) atoms. The molecule has 2 aromatic carbocycles. The minimum atomic E-state index is -0.525. The van der Waals surface area contributed by atoms with Crippen molar-refractivity contribution in [1.82, 2.24) is 4.98 Å². The lowest BCUT2D eigenvalue weighted by Crippen LogP contribution is -2.04. The zero-order chi connectivity index (χ0) is 15.0. The highest BCUT2D eigenvalue weighted by molar-refractivity contribution is 9.10. The summed E-state index contributed by atoms with van der Waals surface area (Å²) in [6.45, 7) is 2.06. The number of ketones is 1. The van der Waals surface area contributed by atoms with E-state index in [9.17, 15) is 9.18 Å². The number of H-pyrrole nitrogens is 1. The minimum absolute atomic E-state index is 0.0761. The number of halogens is 2. The van der Waals surface area contributed by atoms with Crippen LogP contribution in [0.5, 0.6) is 0 Å². The Labute approximate surface area is 130 Å². The number of benzene rings is 2. The molecular formula is C17H13BrFNO. The lowest BCUT2D eigenvalue weighted by molar-refractivity contribution is 0.103. The summed E-state index contributed by atoms with van der Waals surface area (Å²) in [4.78, 5) is 15.8. The smallest absolute Gasteiger partial charge is 0.198 e. The van der Waals surface area contributed by atoms with E-state index in [4.69, 9.17) is 0 Å². The molecule has 0 saturated carbocycles. The number of para-hydroxylation sites is 1. The fourth-order valence-electron chi connectivity index (χ4n) is 2.52. The molecule has 0 atom stereocenters. The summed E-state index contributed by atoms with van der Waals surface area (Å²) >= 11 is 3.12. The van der Waals surface area contributed by atoms with Crippen molar-refractivity contribution >= 4 is 32.6 Å². The monoisotopic (exact) mass is 345 g/mol. The lowest BCUT2D eigenvalue weighted by atomic mass is 10.0. The first kappa shape index (κ1) is 14.0. The number of hydrogen-bond acceptors (Lipinski definition) is 1. The fourth-order valence-corrected chi connectivity index (χ4v) is 2.89. The number of nitrogens with one attached hydrogen (secondary N) is 1. The van der Waals surface area contributed by atoms with E-state index < -0.39 is 5.82 Å². The van der Waals surface area contributed by atoms with Crippen molar-refractivity contribution in [3.8, 4) is 0 Å². The topological polar surface area (TPSA) is 32.9 Å². The number of aryl methyl sites for hydroxylation is 1. The quantitative estimate of drug-likeness (QED) is 0.675. The molecule has 0 spiro atoms. The van der Waals surface area contributed by atoms with Crippen LogP contribution < -0.4 is 0 Å². The van der Waals surface area contributed by atoms with E-state index in [2.05, 4.69) is 27.8 Å². The summed E-state index contributed by atoms with van der Waals surface area (Å²) in [5, 5.41) is 0.832. The molecule has 0 aliphatic heterocycles. The maximum absolute atomic E-state index is 14.1. The van der Waals surface area contributed by atoms with Gasteiger partial charge < -0.3 is 4.98 Å². The predicted octanol–water partition coefficient (Wildman–Crippen LogP) is 4.86. The second-order valence-electron chi connectivity index (χ2n) is 4.83. The molecule has 1 heterocycles. The molecule has 3 aromatic rings. The Balaban J connectivity index is 2.17. The van der Waals surface area contributed by atoms with Gasteiger partial charge in [0.05, 0.1) is 10.0 Å². The van der Waals surface area contributed by atoms with E-state index in [0.717, 1.165) is 22.9 Å². The highest BCUT2D eigenvalue weighted by atomic mass is 79.9. The number of carbonyl (C=O) groups is 1. The minimum Gasteiger partial charge on any atom is -0.360 e. The first-order valence-electron chi connectivity index (χ1n) is 6.71. The van der Waals surface area contributed by atoms with E-state index in [-0.39, 0.29) is 11.3 Å². The van der Waals surface area contributed by atoms with E-state index in [0.29, 0.717) is 10.0 Å². The third kappa shape index (κ3) is 2.29. The van der Waals surface area contributed by atoms with Gasteiger partial charge in [-0.2, -0.15) is 0 Å². The van der Waals surface area contributed by atoms with Gasteiger partial charge in [0.1, 0.15) is 5.82 Å². The van der Waals surface area contributed by atoms with Gasteiger partial charge in [-0.15, -0.1) is 0 Å². The molecule has 0 aliphatic carbocycles. The van der Waals surface area contributed by atoms with Gasteiger partial charge in [-0.05, 0) is 40.0 Å². The van der Waals surface area contributed by atoms with Gasteiger partial charge in [-0.25, -0.2) is 4.39 Å². The molecule has 0 unspecified atom stereocenters. The summed E-state index contributed by atoms with van der Waals surface area (Å²) in [6, 6.07) is 10.6. The van der Waals surface area contributed by atoms with Gasteiger partial charge in [-0.3, -0.25) is 4.79 Å². The van der Waals surface area contributed by atoms with Crippen molar-refractivity contribution in [3.05, 3.63) is 69.6 Å². The van der Waals surface area contributed by atoms with Crippen molar-refractivity contribution in [2.24, 2.45) is 0 Å².